The summed E-state index contributed by atoms with van der Waals surface area (Å²) in [5.74, 6) is 0.255. The van der Waals surface area contributed by atoms with Crippen LogP contribution in [0.15, 0.2) is 54.7 Å². The number of likely N-dealkylation sites (N-methyl/N-ethyl adjacent to an activating group) is 1. The molecule has 1 heterocycles. The lowest BCUT2D eigenvalue weighted by Crippen LogP contribution is -2.30. The lowest BCUT2D eigenvalue weighted by Gasteiger charge is -2.10. The molecule has 0 aliphatic rings. The van der Waals surface area contributed by atoms with Gasteiger partial charge in [-0.1, -0.05) is 0 Å². The summed E-state index contributed by atoms with van der Waals surface area (Å²) in [5.41, 5.74) is 2.56. The number of rotatable bonds is 8. The molecule has 3 N–H and O–H groups in total. The van der Waals surface area contributed by atoms with E-state index in [1.54, 1.807) is 42.6 Å². The second-order valence-electron chi connectivity index (χ2n) is 6.17. The molecule has 29 heavy (non-hydrogen) atoms. The van der Waals surface area contributed by atoms with Crippen molar-refractivity contribution in [2.24, 2.45) is 0 Å². The Balaban J connectivity index is 1.73. The molecule has 0 fully saturated rings. The Morgan fingerprint density at radius 1 is 1.10 bits per heavy atom. The number of methoxy groups -OCH3 is 1. The first-order valence-corrected chi connectivity index (χ1v) is 9.07. The predicted molar refractivity (Wildman–Crippen MR) is 110 cm³/mol. The molecule has 0 saturated carbocycles. The van der Waals surface area contributed by atoms with Gasteiger partial charge in [-0.05, 0) is 49.5 Å². The SMILES string of the molecule is CNCCNC(=O)c1ccc(Nc2nccc(-c3ccc(F)cc3OC)n2)cc1. The monoisotopic (exact) mass is 395 g/mol. The maximum Gasteiger partial charge on any atom is 0.251 e. The number of halogens is 1. The van der Waals surface area contributed by atoms with E-state index in [1.807, 2.05) is 7.05 Å². The number of hydrogen-bond donors (Lipinski definition) is 3. The molecule has 0 saturated heterocycles. The van der Waals surface area contributed by atoms with E-state index < -0.39 is 0 Å². The van der Waals surface area contributed by atoms with Crippen LogP contribution in [-0.4, -0.2) is 43.1 Å². The van der Waals surface area contributed by atoms with Crippen molar-refractivity contribution in [3.63, 3.8) is 0 Å². The van der Waals surface area contributed by atoms with Crippen molar-refractivity contribution in [2.75, 3.05) is 32.6 Å². The molecular weight excluding hydrogens is 373 g/mol. The van der Waals surface area contributed by atoms with Crippen molar-refractivity contribution in [3.05, 3.63) is 66.1 Å². The van der Waals surface area contributed by atoms with Crippen molar-refractivity contribution in [3.8, 4) is 17.0 Å². The van der Waals surface area contributed by atoms with Gasteiger partial charge in [0.15, 0.2) is 0 Å². The van der Waals surface area contributed by atoms with Gasteiger partial charge in [-0.2, -0.15) is 0 Å². The van der Waals surface area contributed by atoms with Crippen molar-refractivity contribution in [1.82, 2.24) is 20.6 Å². The molecule has 0 aliphatic carbocycles. The van der Waals surface area contributed by atoms with Gasteiger partial charge in [0.1, 0.15) is 11.6 Å². The minimum absolute atomic E-state index is 0.131. The van der Waals surface area contributed by atoms with Crippen LogP contribution in [0.25, 0.3) is 11.3 Å². The van der Waals surface area contributed by atoms with Gasteiger partial charge < -0.3 is 20.7 Å². The Morgan fingerprint density at radius 2 is 1.90 bits per heavy atom. The number of anilines is 2. The lowest BCUT2D eigenvalue weighted by atomic mass is 10.1. The van der Waals surface area contributed by atoms with Gasteiger partial charge in [0, 0.05) is 42.2 Å². The van der Waals surface area contributed by atoms with E-state index in [1.165, 1.54) is 19.2 Å². The fourth-order valence-corrected chi connectivity index (χ4v) is 2.68. The van der Waals surface area contributed by atoms with Crippen LogP contribution >= 0.6 is 0 Å². The largest absolute Gasteiger partial charge is 0.496 e. The summed E-state index contributed by atoms with van der Waals surface area (Å²) < 4.78 is 18.7. The molecule has 8 heteroatoms. The molecule has 0 bridgehead atoms. The van der Waals surface area contributed by atoms with Gasteiger partial charge in [-0.3, -0.25) is 4.79 Å². The van der Waals surface area contributed by atoms with Gasteiger partial charge in [0.25, 0.3) is 5.91 Å². The number of aromatic nitrogens is 2. The molecule has 0 unspecified atom stereocenters. The average Bonchev–Trinajstić information content (AvgIpc) is 2.74. The quantitative estimate of drug-likeness (QED) is 0.508. The average molecular weight is 395 g/mol. The Morgan fingerprint density at radius 3 is 2.62 bits per heavy atom. The number of ether oxygens (including phenoxy) is 1. The number of carbonyl (C=O) groups excluding carboxylic acids is 1. The molecule has 2 aromatic carbocycles. The summed E-state index contributed by atoms with van der Waals surface area (Å²) in [6, 6.07) is 13.0. The van der Waals surface area contributed by atoms with Gasteiger partial charge in [-0.15, -0.1) is 0 Å². The van der Waals surface area contributed by atoms with Crippen molar-refractivity contribution in [1.29, 1.82) is 0 Å². The Labute approximate surface area is 168 Å². The normalized spacial score (nSPS) is 10.4. The summed E-state index contributed by atoms with van der Waals surface area (Å²) in [4.78, 5) is 20.7. The van der Waals surface area contributed by atoms with E-state index in [0.29, 0.717) is 41.6 Å². The zero-order valence-corrected chi connectivity index (χ0v) is 16.2. The molecule has 0 spiro atoms. The number of benzene rings is 2. The first-order chi connectivity index (χ1) is 14.1. The summed E-state index contributed by atoms with van der Waals surface area (Å²) in [6.07, 6.45) is 1.61. The number of nitrogens with zero attached hydrogens (tertiary/aromatic N) is 2. The standard InChI is InChI=1S/C21H22FN5O2/c1-23-11-12-24-20(28)14-3-6-16(7-4-14)26-21-25-10-9-18(27-21)17-8-5-15(22)13-19(17)29-2/h3-10,13,23H,11-12H2,1-2H3,(H,24,28)(H,25,26,27). The van der Waals surface area contributed by atoms with E-state index in [4.69, 9.17) is 4.74 Å². The number of amides is 1. The third kappa shape index (κ3) is 5.26. The summed E-state index contributed by atoms with van der Waals surface area (Å²) in [6.45, 7) is 1.26. The van der Waals surface area contributed by atoms with Crippen LogP contribution < -0.4 is 20.7 Å². The Hall–Kier alpha value is -3.52. The highest BCUT2D eigenvalue weighted by Gasteiger charge is 2.10. The zero-order chi connectivity index (χ0) is 20.6. The van der Waals surface area contributed by atoms with Gasteiger partial charge >= 0.3 is 0 Å². The van der Waals surface area contributed by atoms with Gasteiger partial charge in [0.05, 0.1) is 12.8 Å². The summed E-state index contributed by atoms with van der Waals surface area (Å²) in [5, 5.41) is 8.90. The van der Waals surface area contributed by atoms with E-state index in [-0.39, 0.29) is 11.7 Å². The predicted octanol–water partition coefficient (Wildman–Crippen LogP) is 2.98. The van der Waals surface area contributed by atoms with Crippen LogP contribution in [0.5, 0.6) is 5.75 Å². The summed E-state index contributed by atoms with van der Waals surface area (Å²) >= 11 is 0. The topological polar surface area (TPSA) is 88.2 Å². The Kier molecular flexibility index (Phi) is 6.70. The van der Waals surface area contributed by atoms with Crippen LogP contribution in [-0.2, 0) is 0 Å². The Bertz CT molecular complexity index is 979. The summed E-state index contributed by atoms with van der Waals surface area (Å²) in [7, 11) is 3.31. The van der Waals surface area contributed by atoms with Crippen LogP contribution in [0.4, 0.5) is 16.0 Å². The lowest BCUT2D eigenvalue weighted by molar-refractivity contribution is 0.0954. The van der Waals surface area contributed by atoms with Crippen LogP contribution in [0.3, 0.4) is 0 Å². The number of hydrogen-bond acceptors (Lipinski definition) is 6. The van der Waals surface area contributed by atoms with E-state index in [2.05, 4.69) is 25.9 Å². The molecule has 0 aliphatic heterocycles. The molecule has 3 rings (SSSR count). The molecule has 3 aromatic rings. The zero-order valence-electron chi connectivity index (χ0n) is 16.2. The molecule has 0 atom stereocenters. The maximum atomic E-state index is 13.4. The van der Waals surface area contributed by atoms with Gasteiger partial charge in [-0.25, -0.2) is 14.4 Å². The molecule has 0 radical (unpaired) electrons. The fraction of sp³-hybridized carbons (Fsp3) is 0.190. The molecule has 150 valence electrons. The maximum absolute atomic E-state index is 13.4. The smallest absolute Gasteiger partial charge is 0.251 e. The van der Waals surface area contributed by atoms with Crippen LogP contribution in [0, 0.1) is 5.82 Å². The fourth-order valence-electron chi connectivity index (χ4n) is 2.68. The number of nitrogens with one attached hydrogen (secondary N) is 3. The first kappa shape index (κ1) is 20.2. The van der Waals surface area contributed by atoms with E-state index in [0.717, 1.165) is 5.69 Å². The highest BCUT2D eigenvalue weighted by molar-refractivity contribution is 5.94. The van der Waals surface area contributed by atoms with E-state index >= 15 is 0 Å². The minimum atomic E-state index is -0.381. The van der Waals surface area contributed by atoms with Crippen molar-refractivity contribution in [2.45, 2.75) is 0 Å². The molecule has 7 nitrogen and oxygen atoms in total. The van der Waals surface area contributed by atoms with Gasteiger partial charge in [0.2, 0.25) is 5.95 Å². The van der Waals surface area contributed by atoms with Crippen LogP contribution in [0.1, 0.15) is 10.4 Å². The van der Waals surface area contributed by atoms with Crippen molar-refractivity contribution < 1.29 is 13.9 Å². The van der Waals surface area contributed by atoms with E-state index in [9.17, 15) is 9.18 Å². The molecule has 1 aromatic heterocycles. The number of carbonyl (C=O) groups is 1. The third-order valence-corrected chi connectivity index (χ3v) is 4.16. The first-order valence-electron chi connectivity index (χ1n) is 9.07. The minimum Gasteiger partial charge on any atom is -0.496 e. The second-order valence-corrected chi connectivity index (χ2v) is 6.17. The molecule has 1 amide bonds. The third-order valence-electron chi connectivity index (χ3n) is 4.16. The highest BCUT2D eigenvalue weighted by atomic mass is 19.1. The van der Waals surface area contributed by atoms with Crippen LogP contribution in [0.2, 0.25) is 0 Å². The highest BCUT2D eigenvalue weighted by Crippen LogP contribution is 2.29. The second kappa shape index (κ2) is 9.61. The molecular formula is C21H22FN5O2. The van der Waals surface area contributed by atoms with Crippen molar-refractivity contribution >= 4 is 17.5 Å².